The highest BCUT2D eigenvalue weighted by Crippen LogP contribution is 2.20. The van der Waals surface area contributed by atoms with Gasteiger partial charge >= 0.3 is 0 Å². The Kier molecular flexibility index (Phi) is 5.99. The maximum absolute atomic E-state index is 13.0. The number of nitrogens with zero attached hydrogens (tertiary/aromatic N) is 4. The van der Waals surface area contributed by atoms with Crippen LogP contribution in [-0.4, -0.2) is 57.8 Å². The minimum Gasteiger partial charge on any atom is -0.353 e. The number of hydrogen-bond acceptors (Lipinski definition) is 5. The molecule has 154 valence electrons. The summed E-state index contributed by atoms with van der Waals surface area (Å²) in [5.74, 6) is -0.151. The van der Waals surface area contributed by atoms with E-state index in [0.717, 1.165) is 21.9 Å². The van der Waals surface area contributed by atoms with Crippen molar-refractivity contribution in [2.24, 2.45) is 0 Å². The average molecular weight is 403 g/mol. The van der Waals surface area contributed by atoms with Crippen LogP contribution in [0.1, 0.15) is 17.5 Å². The molecule has 30 heavy (non-hydrogen) atoms. The molecule has 0 spiro atoms. The van der Waals surface area contributed by atoms with Crippen LogP contribution in [0.3, 0.4) is 0 Å². The Morgan fingerprint density at radius 2 is 2.03 bits per heavy atom. The van der Waals surface area contributed by atoms with Crippen molar-refractivity contribution in [2.75, 3.05) is 20.1 Å². The SMILES string of the molecule is CN(Cc1cccc2cnccc12)C(=O)CC1C(=O)NCCN1Cc1cccnc1. The molecule has 1 aliphatic rings. The third kappa shape index (κ3) is 4.46. The van der Waals surface area contributed by atoms with Crippen LogP contribution in [-0.2, 0) is 22.7 Å². The molecule has 2 amide bonds. The van der Waals surface area contributed by atoms with Crippen molar-refractivity contribution in [1.29, 1.82) is 0 Å². The van der Waals surface area contributed by atoms with E-state index >= 15 is 0 Å². The van der Waals surface area contributed by atoms with E-state index in [1.807, 2.05) is 42.6 Å². The number of carbonyl (C=O) groups excluding carboxylic acids is 2. The van der Waals surface area contributed by atoms with Gasteiger partial charge in [-0.3, -0.25) is 24.5 Å². The van der Waals surface area contributed by atoms with Crippen LogP contribution in [0.4, 0.5) is 0 Å². The van der Waals surface area contributed by atoms with E-state index in [-0.39, 0.29) is 18.2 Å². The minimum absolute atomic E-state index is 0.0562. The number of benzene rings is 1. The largest absolute Gasteiger partial charge is 0.353 e. The predicted molar refractivity (Wildman–Crippen MR) is 114 cm³/mol. The van der Waals surface area contributed by atoms with Crippen LogP contribution < -0.4 is 5.32 Å². The highest BCUT2D eigenvalue weighted by molar-refractivity contribution is 5.89. The Labute approximate surface area is 175 Å². The number of aromatic nitrogens is 2. The van der Waals surface area contributed by atoms with E-state index in [9.17, 15) is 9.59 Å². The molecular weight excluding hydrogens is 378 g/mol. The number of fused-ring (bicyclic) bond motifs is 1. The maximum atomic E-state index is 13.0. The monoisotopic (exact) mass is 403 g/mol. The fraction of sp³-hybridized carbons (Fsp3) is 0.304. The second-order valence-electron chi connectivity index (χ2n) is 7.61. The van der Waals surface area contributed by atoms with Gasteiger partial charge in [-0.15, -0.1) is 0 Å². The van der Waals surface area contributed by atoms with Crippen LogP contribution in [0.15, 0.2) is 61.2 Å². The summed E-state index contributed by atoms with van der Waals surface area (Å²) in [5.41, 5.74) is 2.09. The lowest BCUT2D eigenvalue weighted by Gasteiger charge is -2.35. The summed E-state index contributed by atoms with van der Waals surface area (Å²) in [5, 5.41) is 5.02. The summed E-state index contributed by atoms with van der Waals surface area (Å²) in [6.07, 6.45) is 7.26. The standard InChI is InChI=1S/C23H25N5O2/c1-27(16-19-6-2-5-18-14-25-9-7-20(18)19)22(29)12-21-23(30)26-10-11-28(21)15-17-4-3-8-24-13-17/h2-9,13-14,21H,10-12,15-16H2,1H3,(H,26,30). The number of nitrogens with one attached hydrogen (secondary N) is 1. The third-order valence-corrected chi connectivity index (χ3v) is 5.52. The molecule has 1 aliphatic heterocycles. The molecule has 0 radical (unpaired) electrons. The molecule has 7 heteroatoms. The molecule has 7 nitrogen and oxygen atoms in total. The zero-order valence-corrected chi connectivity index (χ0v) is 17.0. The van der Waals surface area contributed by atoms with E-state index in [1.54, 1.807) is 30.5 Å². The van der Waals surface area contributed by atoms with Gasteiger partial charge in [0.1, 0.15) is 0 Å². The number of hydrogen-bond donors (Lipinski definition) is 1. The normalized spacial score (nSPS) is 17.0. The second kappa shape index (κ2) is 9.00. The first-order valence-corrected chi connectivity index (χ1v) is 10.1. The molecule has 1 atom stereocenters. The Morgan fingerprint density at radius 1 is 1.17 bits per heavy atom. The highest BCUT2D eigenvalue weighted by Gasteiger charge is 2.32. The van der Waals surface area contributed by atoms with Gasteiger partial charge in [0.05, 0.1) is 12.5 Å². The molecule has 1 fully saturated rings. The molecule has 3 aromatic rings. The van der Waals surface area contributed by atoms with Crippen LogP contribution in [0.25, 0.3) is 10.8 Å². The lowest BCUT2D eigenvalue weighted by Crippen LogP contribution is -2.56. The summed E-state index contributed by atoms with van der Waals surface area (Å²) >= 11 is 0. The molecule has 3 heterocycles. The minimum atomic E-state index is -0.481. The number of carbonyl (C=O) groups is 2. The van der Waals surface area contributed by atoms with Crippen LogP contribution in [0, 0.1) is 0 Å². The average Bonchev–Trinajstić information content (AvgIpc) is 2.77. The maximum Gasteiger partial charge on any atom is 0.237 e. The van der Waals surface area contributed by atoms with E-state index in [4.69, 9.17) is 0 Å². The lowest BCUT2D eigenvalue weighted by molar-refractivity contribution is -0.138. The molecule has 0 bridgehead atoms. The molecule has 4 rings (SSSR count). The molecule has 1 aromatic carbocycles. The van der Waals surface area contributed by atoms with Crippen LogP contribution in [0.5, 0.6) is 0 Å². The van der Waals surface area contributed by atoms with Crippen molar-refractivity contribution in [3.63, 3.8) is 0 Å². The van der Waals surface area contributed by atoms with Crippen molar-refractivity contribution in [3.8, 4) is 0 Å². The van der Waals surface area contributed by atoms with E-state index in [2.05, 4.69) is 20.2 Å². The van der Waals surface area contributed by atoms with Crippen LogP contribution in [0.2, 0.25) is 0 Å². The molecule has 1 saturated heterocycles. The number of piperazine rings is 1. The quantitative estimate of drug-likeness (QED) is 0.681. The Morgan fingerprint density at radius 3 is 2.87 bits per heavy atom. The molecule has 2 aromatic heterocycles. The Hall–Kier alpha value is -3.32. The Balaban J connectivity index is 1.45. The number of pyridine rings is 2. The van der Waals surface area contributed by atoms with Gasteiger partial charge in [-0.1, -0.05) is 24.3 Å². The molecule has 1 N–H and O–H groups in total. The summed E-state index contributed by atoms with van der Waals surface area (Å²) in [4.78, 5) is 37.6. The van der Waals surface area contributed by atoms with Crippen molar-refractivity contribution in [1.82, 2.24) is 25.1 Å². The van der Waals surface area contributed by atoms with Gasteiger partial charge in [0.25, 0.3) is 0 Å². The van der Waals surface area contributed by atoms with Crippen molar-refractivity contribution in [2.45, 2.75) is 25.6 Å². The first-order chi connectivity index (χ1) is 14.6. The molecule has 0 aliphatic carbocycles. The van der Waals surface area contributed by atoms with Gasteiger partial charge in [-0.2, -0.15) is 0 Å². The number of amides is 2. The Bertz CT molecular complexity index is 1030. The first-order valence-electron chi connectivity index (χ1n) is 10.1. The fourth-order valence-electron chi connectivity index (χ4n) is 3.89. The van der Waals surface area contributed by atoms with Gasteiger partial charge < -0.3 is 10.2 Å². The van der Waals surface area contributed by atoms with E-state index < -0.39 is 6.04 Å². The molecule has 1 unspecified atom stereocenters. The van der Waals surface area contributed by atoms with Gasteiger partial charge in [-0.25, -0.2) is 0 Å². The van der Waals surface area contributed by atoms with Crippen molar-refractivity contribution < 1.29 is 9.59 Å². The summed E-state index contributed by atoms with van der Waals surface area (Å²) < 4.78 is 0. The summed E-state index contributed by atoms with van der Waals surface area (Å²) in [7, 11) is 1.79. The first kappa shape index (κ1) is 20.0. The van der Waals surface area contributed by atoms with Gasteiger partial charge in [0.15, 0.2) is 0 Å². The second-order valence-corrected chi connectivity index (χ2v) is 7.61. The van der Waals surface area contributed by atoms with Crippen LogP contribution >= 0.6 is 0 Å². The van der Waals surface area contributed by atoms with Crippen molar-refractivity contribution >= 4 is 22.6 Å². The fourth-order valence-corrected chi connectivity index (χ4v) is 3.89. The zero-order valence-electron chi connectivity index (χ0n) is 17.0. The smallest absolute Gasteiger partial charge is 0.237 e. The van der Waals surface area contributed by atoms with Gasteiger partial charge in [0, 0.05) is 63.4 Å². The molecule has 0 saturated carbocycles. The zero-order chi connectivity index (χ0) is 20.9. The van der Waals surface area contributed by atoms with Gasteiger partial charge in [0.2, 0.25) is 11.8 Å². The van der Waals surface area contributed by atoms with E-state index in [0.29, 0.717) is 26.2 Å². The molecular formula is C23H25N5O2. The van der Waals surface area contributed by atoms with E-state index in [1.165, 1.54) is 0 Å². The topological polar surface area (TPSA) is 78.4 Å². The van der Waals surface area contributed by atoms with Gasteiger partial charge in [-0.05, 0) is 28.6 Å². The third-order valence-electron chi connectivity index (χ3n) is 5.52. The number of rotatable bonds is 6. The van der Waals surface area contributed by atoms with Crippen molar-refractivity contribution in [3.05, 3.63) is 72.3 Å². The lowest BCUT2D eigenvalue weighted by atomic mass is 10.0. The summed E-state index contributed by atoms with van der Waals surface area (Å²) in [6, 6.07) is 11.4. The predicted octanol–water partition coefficient (Wildman–Crippen LogP) is 1.98. The summed E-state index contributed by atoms with van der Waals surface area (Å²) in [6.45, 7) is 2.37. The highest BCUT2D eigenvalue weighted by atomic mass is 16.2.